The number of benzene rings is 1. The first kappa shape index (κ1) is 12.5. The molecule has 18 heavy (non-hydrogen) atoms. The lowest BCUT2D eigenvalue weighted by molar-refractivity contribution is -0.132. The van der Waals surface area contributed by atoms with Gasteiger partial charge in [-0.25, -0.2) is 4.39 Å². The fourth-order valence-corrected chi connectivity index (χ4v) is 1.67. The average Bonchev–Trinajstić information content (AvgIpc) is 3.20. The summed E-state index contributed by atoms with van der Waals surface area (Å²) in [7, 11) is 1.70. The Labute approximate surface area is 104 Å². The van der Waals surface area contributed by atoms with Crippen LogP contribution in [0.1, 0.15) is 23.2 Å². The maximum absolute atomic E-state index is 13.5. The summed E-state index contributed by atoms with van der Waals surface area (Å²) in [5.41, 5.74) is 0.108. The molecule has 0 aromatic heterocycles. The van der Waals surface area contributed by atoms with Gasteiger partial charge in [-0.1, -0.05) is 6.07 Å². The fourth-order valence-electron chi connectivity index (χ4n) is 1.67. The molecule has 1 aliphatic rings. The van der Waals surface area contributed by atoms with Gasteiger partial charge < -0.3 is 9.64 Å². The minimum absolute atomic E-state index is 0.108. The highest BCUT2D eigenvalue weighted by atomic mass is 19.1. The molecule has 0 saturated heterocycles. The lowest BCUT2D eigenvalue weighted by atomic mass is 10.2. The second kappa shape index (κ2) is 5.16. The third-order valence-corrected chi connectivity index (χ3v) is 2.95. The summed E-state index contributed by atoms with van der Waals surface area (Å²) in [6.45, 7) is -0.255. The minimum Gasteiger partial charge on any atom is -0.480 e. The van der Waals surface area contributed by atoms with Crippen LogP contribution in [0.4, 0.5) is 4.39 Å². The van der Waals surface area contributed by atoms with Crippen molar-refractivity contribution >= 4 is 12.2 Å². The Morgan fingerprint density at radius 1 is 1.56 bits per heavy atom. The highest BCUT2D eigenvalue weighted by Crippen LogP contribution is 2.26. The van der Waals surface area contributed by atoms with Gasteiger partial charge in [-0.2, -0.15) is 0 Å². The van der Waals surface area contributed by atoms with Crippen molar-refractivity contribution in [1.29, 1.82) is 0 Å². The van der Waals surface area contributed by atoms with Gasteiger partial charge >= 0.3 is 0 Å². The summed E-state index contributed by atoms with van der Waals surface area (Å²) < 4.78 is 18.6. The zero-order chi connectivity index (χ0) is 13.1. The van der Waals surface area contributed by atoms with Crippen molar-refractivity contribution in [3.05, 3.63) is 29.6 Å². The third kappa shape index (κ3) is 2.67. The summed E-state index contributed by atoms with van der Waals surface area (Å²) in [5.74, 6) is -1.01. The van der Waals surface area contributed by atoms with E-state index < -0.39 is 5.82 Å². The van der Waals surface area contributed by atoms with Crippen molar-refractivity contribution in [2.75, 3.05) is 13.7 Å². The van der Waals surface area contributed by atoms with Crippen LogP contribution in [-0.2, 0) is 4.79 Å². The predicted octanol–water partition coefficient (Wildman–Crippen LogP) is 1.64. The van der Waals surface area contributed by atoms with Gasteiger partial charge in [0.25, 0.3) is 5.91 Å². The van der Waals surface area contributed by atoms with Crippen LogP contribution in [0.2, 0.25) is 0 Å². The monoisotopic (exact) mass is 251 g/mol. The first-order valence-corrected chi connectivity index (χ1v) is 5.75. The summed E-state index contributed by atoms with van der Waals surface area (Å²) in [6, 6.07) is 4.34. The normalized spacial score (nSPS) is 14.1. The van der Waals surface area contributed by atoms with E-state index in [-0.39, 0.29) is 29.9 Å². The molecule has 96 valence electrons. The summed E-state index contributed by atoms with van der Waals surface area (Å²) in [5, 5.41) is 0. The smallest absolute Gasteiger partial charge is 0.260 e. The average molecular weight is 251 g/mol. The van der Waals surface area contributed by atoms with E-state index in [1.165, 1.54) is 18.2 Å². The summed E-state index contributed by atoms with van der Waals surface area (Å²) >= 11 is 0. The first-order chi connectivity index (χ1) is 8.63. The van der Waals surface area contributed by atoms with Gasteiger partial charge in [-0.15, -0.1) is 0 Å². The van der Waals surface area contributed by atoms with Gasteiger partial charge in [-0.05, 0) is 25.0 Å². The summed E-state index contributed by atoms with van der Waals surface area (Å²) in [6.07, 6.45) is 2.51. The van der Waals surface area contributed by atoms with Crippen LogP contribution in [0.5, 0.6) is 5.75 Å². The number of rotatable bonds is 5. The van der Waals surface area contributed by atoms with Gasteiger partial charge in [0.2, 0.25) is 0 Å². The molecule has 4 nitrogen and oxygen atoms in total. The lowest BCUT2D eigenvalue weighted by Crippen LogP contribution is -2.33. The number of likely N-dealkylation sites (N-methyl/N-ethyl adjacent to an activating group) is 1. The molecule has 0 N–H and O–H groups in total. The molecule has 1 fully saturated rings. The van der Waals surface area contributed by atoms with Gasteiger partial charge in [0, 0.05) is 13.1 Å². The topological polar surface area (TPSA) is 46.6 Å². The molecule has 1 amide bonds. The standard InChI is InChI=1S/C13H14FNO3/c1-15(10-5-6-10)12(17)8-18-13-9(7-16)3-2-4-11(13)14/h2-4,7,10H,5-6,8H2,1H3. The van der Waals surface area contributed by atoms with Crippen molar-refractivity contribution < 1.29 is 18.7 Å². The summed E-state index contributed by atoms with van der Waals surface area (Å²) in [4.78, 5) is 24.0. The molecule has 0 unspecified atom stereocenters. The molecule has 1 aromatic rings. The highest BCUT2D eigenvalue weighted by Gasteiger charge is 2.29. The molecule has 0 atom stereocenters. The van der Waals surface area contributed by atoms with E-state index in [4.69, 9.17) is 4.74 Å². The molecule has 1 aliphatic carbocycles. The van der Waals surface area contributed by atoms with Crippen molar-refractivity contribution in [2.24, 2.45) is 0 Å². The number of hydrogen-bond donors (Lipinski definition) is 0. The zero-order valence-electron chi connectivity index (χ0n) is 10.1. The number of nitrogens with zero attached hydrogens (tertiary/aromatic N) is 1. The molecule has 0 radical (unpaired) electrons. The second-order valence-corrected chi connectivity index (χ2v) is 4.30. The maximum Gasteiger partial charge on any atom is 0.260 e. The number of aldehydes is 1. The van der Waals surface area contributed by atoms with E-state index in [0.717, 1.165) is 12.8 Å². The van der Waals surface area contributed by atoms with Crippen LogP contribution in [-0.4, -0.2) is 36.8 Å². The minimum atomic E-state index is -0.638. The Balaban J connectivity index is 2.01. The third-order valence-electron chi connectivity index (χ3n) is 2.95. The van der Waals surface area contributed by atoms with E-state index in [9.17, 15) is 14.0 Å². The molecular formula is C13H14FNO3. The van der Waals surface area contributed by atoms with Gasteiger partial charge in [0.1, 0.15) is 0 Å². The van der Waals surface area contributed by atoms with E-state index in [1.807, 2.05) is 0 Å². The van der Waals surface area contributed by atoms with Gasteiger partial charge in [0.15, 0.2) is 24.5 Å². The lowest BCUT2D eigenvalue weighted by Gasteiger charge is -2.17. The van der Waals surface area contributed by atoms with E-state index in [0.29, 0.717) is 6.29 Å². The molecule has 1 aromatic carbocycles. The van der Waals surface area contributed by atoms with Crippen molar-refractivity contribution in [1.82, 2.24) is 4.90 Å². The molecule has 5 heteroatoms. The number of amides is 1. The highest BCUT2D eigenvalue weighted by molar-refractivity contribution is 5.81. The van der Waals surface area contributed by atoms with Gasteiger partial charge in [-0.3, -0.25) is 9.59 Å². The van der Waals surface area contributed by atoms with Gasteiger partial charge in [0.05, 0.1) is 5.56 Å². The molecule has 0 spiro atoms. The SMILES string of the molecule is CN(C(=O)COc1c(F)cccc1C=O)C1CC1. The number of ether oxygens (including phenoxy) is 1. The Kier molecular flexibility index (Phi) is 3.60. The van der Waals surface area contributed by atoms with Crippen LogP contribution in [0.15, 0.2) is 18.2 Å². The Bertz CT molecular complexity index is 471. The van der Waals surface area contributed by atoms with Crippen molar-refractivity contribution in [3.8, 4) is 5.75 Å². The molecule has 0 aliphatic heterocycles. The van der Waals surface area contributed by atoms with Crippen molar-refractivity contribution in [3.63, 3.8) is 0 Å². The first-order valence-electron chi connectivity index (χ1n) is 5.75. The van der Waals surface area contributed by atoms with Crippen LogP contribution in [0.25, 0.3) is 0 Å². The Hall–Kier alpha value is -1.91. The maximum atomic E-state index is 13.5. The van der Waals surface area contributed by atoms with Crippen LogP contribution >= 0.6 is 0 Å². The number of para-hydroxylation sites is 1. The molecule has 0 heterocycles. The number of carbonyl (C=O) groups excluding carboxylic acids is 2. The quantitative estimate of drug-likeness (QED) is 0.747. The number of carbonyl (C=O) groups is 2. The zero-order valence-corrected chi connectivity index (χ0v) is 10.1. The molecule has 0 bridgehead atoms. The van der Waals surface area contributed by atoms with E-state index >= 15 is 0 Å². The van der Waals surface area contributed by atoms with Crippen LogP contribution in [0.3, 0.4) is 0 Å². The Morgan fingerprint density at radius 2 is 2.28 bits per heavy atom. The van der Waals surface area contributed by atoms with Crippen molar-refractivity contribution in [2.45, 2.75) is 18.9 Å². The second-order valence-electron chi connectivity index (χ2n) is 4.30. The van der Waals surface area contributed by atoms with E-state index in [1.54, 1.807) is 11.9 Å². The fraction of sp³-hybridized carbons (Fsp3) is 0.385. The van der Waals surface area contributed by atoms with E-state index in [2.05, 4.69) is 0 Å². The predicted molar refractivity (Wildman–Crippen MR) is 63.1 cm³/mol. The van der Waals surface area contributed by atoms with Crippen LogP contribution in [0, 0.1) is 5.82 Å². The molecule has 2 rings (SSSR count). The van der Waals surface area contributed by atoms with Crippen LogP contribution < -0.4 is 4.74 Å². The number of hydrogen-bond acceptors (Lipinski definition) is 3. The largest absolute Gasteiger partial charge is 0.480 e. The Morgan fingerprint density at radius 3 is 2.89 bits per heavy atom. The molecular weight excluding hydrogens is 237 g/mol. The molecule has 1 saturated carbocycles. The number of halogens is 1.